The summed E-state index contributed by atoms with van der Waals surface area (Å²) in [5.41, 5.74) is 0. The summed E-state index contributed by atoms with van der Waals surface area (Å²) in [6.07, 6.45) is 2.38. The maximum Gasteiger partial charge on any atom is 0.0462 e. The molecule has 0 aliphatic rings. The van der Waals surface area contributed by atoms with Crippen LogP contribution in [0, 0.1) is 0 Å². The summed E-state index contributed by atoms with van der Waals surface area (Å²) in [6.45, 7) is 5.99. The largest absolute Gasteiger partial charge is 0.385 e. The molecule has 0 fully saturated rings. The monoisotopic (exact) mass is 147 g/mol. The average Bonchev–Trinajstić information content (AvgIpc) is 2.02. The third kappa shape index (κ3) is 15.7. The zero-order valence-electron chi connectivity index (χ0n) is 7.74. The van der Waals surface area contributed by atoms with Crippen LogP contribution >= 0.6 is 0 Å². The first-order valence-electron chi connectivity index (χ1n) is 4.05. The molecule has 0 aliphatic heterocycles. The molecule has 1 N–H and O–H groups in total. The highest BCUT2D eigenvalue weighted by atomic mass is 16.5. The normalized spacial score (nSPS) is 8.40. The Morgan fingerprint density at radius 1 is 1.20 bits per heavy atom. The van der Waals surface area contributed by atoms with Gasteiger partial charge in [-0.05, 0) is 26.4 Å². The van der Waals surface area contributed by atoms with Crippen LogP contribution in [0.3, 0.4) is 0 Å². The molecule has 0 atom stereocenters. The van der Waals surface area contributed by atoms with Gasteiger partial charge in [0.25, 0.3) is 0 Å². The van der Waals surface area contributed by atoms with Crippen molar-refractivity contribution < 1.29 is 4.74 Å². The fourth-order valence-electron chi connectivity index (χ4n) is 0.548. The lowest BCUT2D eigenvalue weighted by Crippen LogP contribution is -2.07. The lowest BCUT2D eigenvalue weighted by atomic mass is 10.3. The van der Waals surface area contributed by atoms with Crippen LogP contribution in [0.1, 0.15) is 26.7 Å². The summed E-state index contributed by atoms with van der Waals surface area (Å²) < 4.78 is 4.86. The highest BCUT2D eigenvalue weighted by molar-refractivity contribution is 4.40. The van der Waals surface area contributed by atoms with Gasteiger partial charge in [-0.2, -0.15) is 0 Å². The molecular weight excluding hydrogens is 126 g/mol. The van der Waals surface area contributed by atoms with Crippen molar-refractivity contribution in [1.29, 1.82) is 0 Å². The molecule has 0 saturated carbocycles. The summed E-state index contributed by atoms with van der Waals surface area (Å²) in [5.74, 6) is 0. The first-order chi connectivity index (χ1) is 4.91. The Morgan fingerprint density at radius 2 is 1.80 bits per heavy atom. The Balaban J connectivity index is 0. The van der Waals surface area contributed by atoms with E-state index in [-0.39, 0.29) is 0 Å². The Morgan fingerprint density at radius 3 is 2.20 bits per heavy atom. The molecular formula is C8H21NO. The van der Waals surface area contributed by atoms with Crippen LogP contribution in [0.15, 0.2) is 0 Å². The van der Waals surface area contributed by atoms with Gasteiger partial charge in [0.2, 0.25) is 0 Å². The maximum atomic E-state index is 4.86. The van der Waals surface area contributed by atoms with Crippen molar-refractivity contribution in [3.63, 3.8) is 0 Å². The molecule has 10 heavy (non-hydrogen) atoms. The van der Waals surface area contributed by atoms with E-state index in [9.17, 15) is 0 Å². The molecule has 0 radical (unpaired) electrons. The SMILES string of the molecule is CC.CNCCCCOC. The minimum absolute atomic E-state index is 0.891. The average molecular weight is 147 g/mol. The van der Waals surface area contributed by atoms with E-state index >= 15 is 0 Å². The summed E-state index contributed by atoms with van der Waals surface area (Å²) in [5, 5.41) is 3.07. The van der Waals surface area contributed by atoms with E-state index in [2.05, 4.69) is 5.32 Å². The quantitative estimate of drug-likeness (QED) is 0.597. The van der Waals surface area contributed by atoms with Gasteiger partial charge in [-0.15, -0.1) is 0 Å². The van der Waals surface area contributed by atoms with E-state index in [0.29, 0.717) is 0 Å². The van der Waals surface area contributed by atoms with Crippen LogP contribution in [-0.4, -0.2) is 27.3 Å². The van der Waals surface area contributed by atoms with Gasteiger partial charge in [-0.3, -0.25) is 0 Å². The van der Waals surface area contributed by atoms with Crippen LogP contribution in [-0.2, 0) is 4.74 Å². The van der Waals surface area contributed by atoms with Crippen molar-refractivity contribution in [2.75, 3.05) is 27.3 Å². The van der Waals surface area contributed by atoms with E-state index in [1.165, 1.54) is 6.42 Å². The molecule has 0 aromatic heterocycles. The summed E-state index contributed by atoms with van der Waals surface area (Å²) in [7, 11) is 3.70. The molecule has 0 rings (SSSR count). The fourth-order valence-corrected chi connectivity index (χ4v) is 0.548. The number of hydrogen-bond acceptors (Lipinski definition) is 2. The maximum absolute atomic E-state index is 4.86. The zero-order chi connectivity index (χ0) is 8.24. The number of nitrogens with one attached hydrogen (secondary N) is 1. The van der Waals surface area contributed by atoms with Gasteiger partial charge in [-0.25, -0.2) is 0 Å². The van der Waals surface area contributed by atoms with Gasteiger partial charge in [0.05, 0.1) is 0 Å². The van der Waals surface area contributed by atoms with Gasteiger partial charge >= 0.3 is 0 Å². The fraction of sp³-hybridized carbons (Fsp3) is 1.00. The summed E-state index contributed by atoms with van der Waals surface area (Å²) in [4.78, 5) is 0. The van der Waals surface area contributed by atoms with E-state index in [0.717, 1.165) is 19.6 Å². The highest BCUT2D eigenvalue weighted by Crippen LogP contribution is 1.84. The molecule has 0 spiro atoms. The minimum atomic E-state index is 0.891. The number of methoxy groups -OCH3 is 1. The molecule has 0 bridgehead atoms. The number of ether oxygens (including phenoxy) is 1. The molecule has 0 unspecified atom stereocenters. The Bertz CT molecular complexity index is 34.2. The third-order valence-corrected chi connectivity index (χ3v) is 1.03. The molecule has 0 aliphatic carbocycles. The van der Waals surface area contributed by atoms with Gasteiger partial charge in [0, 0.05) is 13.7 Å². The molecule has 0 aromatic carbocycles. The van der Waals surface area contributed by atoms with Crippen LogP contribution in [0.2, 0.25) is 0 Å². The van der Waals surface area contributed by atoms with Gasteiger partial charge in [-0.1, -0.05) is 13.8 Å². The van der Waals surface area contributed by atoms with Crippen LogP contribution in [0.4, 0.5) is 0 Å². The smallest absolute Gasteiger partial charge is 0.0462 e. The van der Waals surface area contributed by atoms with E-state index in [1.54, 1.807) is 7.11 Å². The molecule has 64 valence electrons. The van der Waals surface area contributed by atoms with Gasteiger partial charge < -0.3 is 10.1 Å². The van der Waals surface area contributed by atoms with Crippen molar-refractivity contribution in [1.82, 2.24) is 5.32 Å². The second-order valence-corrected chi connectivity index (χ2v) is 1.80. The van der Waals surface area contributed by atoms with Crippen molar-refractivity contribution >= 4 is 0 Å². The lowest BCUT2D eigenvalue weighted by molar-refractivity contribution is 0.193. The molecule has 2 nitrogen and oxygen atoms in total. The van der Waals surface area contributed by atoms with Crippen molar-refractivity contribution in [2.45, 2.75) is 26.7 Å². The molecule has 0 amide bonds. The molecule has 0 saturated heterocycles. The standard InChI is InChI=1S/C6H15NO.C2H6/c1-7-5-3-4-6-8-2;1-2/h7H,3-6H2,1-2H3;1-2H3. The number of hydrogen-bond donors (Lipinski definition) is 1. The zero-order valence-corrected chi connectivity index (χ0v) is 7.74. The number of unbranched alkanes of at least 4 members (excludes halogenated alkanes) is 1. The summed E-state index contributed by atoms with van der Waals surface area (Å²) in [6, 6.07) is 0. The van der Waals surface area contributed by atoms with E-state index in [4.69, 9.17) is 4.74 Å². The topological polar surface area (TPSA) is 21.3 Å². The van der Waals surface area contributed by atoms with E-state index in [1.807, 2.05) is 20.9 Å². The van der Waals surface area contributed by atoms with Crippen molar-refractivity contribution in [3.05, 3.63) is 0 Å². The third-order valence-electron chi connectivity index (χ3n) is 1.03. The van der Waals surface area contributed by atoms with Crippen molar-refractivity contribution in [3.8, 4) is 0 Å². The number of rotatable bonds is 5. The molecule has 0 heterocycles. The second kappa shape index (κ2) is 16.0. The van der Waals surface area contributed by atoms with Crippen LogP contribution in [0.5, 0.6) is 0 Å². The second-order valence-electron chi connectivity index (χ2n) is 1.80. The van der Waals surface area contributed by atoms with Crippen LogP contribution in [0.25, 0.3) is 0 Å². The van der Waals surface area contributed by atoms with E-state index < -0.39 is 0 Å². The van der Waals surface area contributed by atoms with Gasteiger partial charge in [0.1, 0.15) is 0 Å². The lowest BCUT2D eigenvalue weighted by Gasteiger charge is -1.96. The Labute approximate surface area is 65.0 Å². The Hall–Kier alpha value is -0.0800. The first kappa shape index (κ1) is 12.6. The van der Waals surface area contributed by atoms with Crippen LogP contribution < -0.4 is 5.32 Å². The Kier molecular flexibility index (Phi) is 20.1. The molecule has 0 aromatic rings. The predicted molar refractivity (Wildman–Crippen MR) is 46.4 cm³/mol. The minimum Gasteiger partial charge on any atom is -0.385 e. The first-order valence-corrected chi connectivity index (χ1v) is 4.05. The van der Waals surface area contributed by atoms with Crippen molar-refractivity contribution in [2.24, 2.45) is 0 Å². The van der Waals surface area contributed by atoms with Gasteiger partial charge in [0.15, 0.2) is 0 Å². The highest BCUT2D eigenvalue weighted by Gasteiger charge is 1.82. The molecule has 2 heteroatoms. The predicted octanol–water partition coefficient (Wildman–Crippen LogP) is 1.66. The summed E-state index contributed by atoms with van der Waals surface area (Å²) >= 11 is 0.